The summed E-state index contributed by atoms with van der Waals surface area (Å²) >= 11 is 0. The highest BCUT2D eigenvalue weighted by atomic mass is 16.5. The highest BCUT2D eigenvalue weighted by Gasteiger charge is 2.28. The van der Waals surface area contributed by atoms with E-state index in [9.17, 15) is 0 Å². The first-order chi connectivity index (χ1) is 16.7. The number of aromatic nitrogens is 3. The van der Waals surface area contributed by atoms with Crippen LogP contribution in [0.5, 0.6) is 5.75 Å². The normalized spacial score (nSPS) is 15.4. The molecule has 0 unspecified atom stereocenters. The first-order valence-electron chi connectivity index (χ1n) is 13.0. The Bertz CT molecular complexity index is 1060. The quantitative estimate of drug-likeness (QED) is 0.455. The van der Waals surface area contributed by atoms with Crippen molar-refractivity contribution in [3.63, 3.8) is 0 Å². The fraction of sp³-hybridized carbons (Fsp3) is 0.500. The van der Waals surface area contributed by atoms with Gasteiger partial charge in [0, 0.05) is 37.1 Å². The van der Waals surface area contributed by atoms with Crippen LogP contribution in [0.2, 0.25) is 0 Å². The van der Waals surface area contributed by atoms with Gasteiger partial charge in [0.25, 0.3) is 0 Å². The molecule has 0 saturated heterocycles. The third kappa shape index (κ3) is 5.91. The zero-order valence-corrected chi connectivity index (χ0v) is 21.6. The van der Waals surface area contributed by atoms with E-state index in [0.717, 1.165) is 60.9 Å². The second-order valence-corrected chi connectivity index (χ2v) is 8.23. The van der Waals surface area contributed by atoms with Crippen LogP contribution in [0.25, 0.3) is 16.8 Å². The van der Waals surface area contributed by atoms with Gasteiger partial charge in [-0.15, -0.1) is 0 Å². The van der Waals surface area contributed by atoms with Gasteiger partial charge in [0.05, 0.1) is 12.7 Å². The van der Waals surface area contributed by atoms with Crippen LogP contribution in [0, 0.1) is 5.92 Å². The lowest BCUT2D eigenvalue weighted by molar-refractivity contribution is 0.239. The Hall–Kier alpha value is -3.02. The molecule has 0 radical (unpaired) electrons. The van der Waals surface area contributed by atoms with Gasteiger partial charge >= 0.3 is 0 Å². The number of benzene rings is 1. The first kappa shape index (κ1) is 25.6. The van der Waals surface area contributed by atoms with Crippen molar-refractivity contribution >= 4 is 11.5 Å². The summed E-state index contributed by atoms with van der Waals surface area (Å²) < 4.78 is 7.98. The molecule has 0 amide bonds. The van der Waals surface area contributed by atoms with Crippen molar-refractivity contribution in [3.8, 4) is 16.9 Å². The van der Waals surface area contributed by atoms with Crippen LogP contribution in [0.15, 0.2) is 55.0 Å². The van der Waals surface area contributed by atoms with E-state index in [-0.39, 0.29) is 0 Å². The Morgan fingerprint density at radius 2 is 1.88 bits per heavy atom. The Morgan fingerprint density at radius 3 is 2.62 bits per heavy atom. The summed E-state index contributed by atoms with van der Waals surface area (Å²) in [5.74, 6) is 2.54. The fourth-order valence-corrected chi connectivity index (χ4v) is 4.19. The second-order valence-electron chi connectivity index (χ2n) is 8.23. The summed E-state index contributed by atoms with van der Waals surface area (Å²) in [6, 6.07) is 10.3. The molecule has 1 fully saturated rings. The molecule has 0 spiro atoms. The van der Waals surface area contributed by atoms with Gasteiger partial charge in [-0.3, -0.25) is 0 Å². The summed E-state index contributed by atoms with van der Waals surface area (Å²) in [5.41, 5.74) is 4.24. The monoisotopic (exact) mass is 463 g/mol. The minimum absolute atomic E-state index is 0.649. The van der Waals surface area contributed by atoms with Crippen LogP contribution in [0.1, 0.15) is 53.9 Å². The molecule has 184 valence electrons. The van der Waals surface area contributed by atoms with Gasteiger partial charge in [-0.05, 0) is 48.9 Å². The van der Waals surface area contributed by atoms with Crippen molar-refractivity contribution < 1.29 is 4.74 Å². The van der Waals surface area contributed by atoms with Crippen molar-refractivity contribution in [1.82, 2.24) is 19.5 Å². The predicted molar refractivity (Wildman–Crippen MR) is 143 cm³/mol. The smallest absolute Gasteiger partial charge is 0.165 e. The maximum atomic E-state index is 6.13. The number of hydrogen-bond donors (Lipinski definition) is 0. The number of rotatable bonds is 4. The summed E-state index contributed by atoms with van der Waals surface area (Å²) in [6.45, 7) is 18.9. The highest BCUT2D eigenvalue weighted by Crippen LogP contribution is 2.37. The zero-order chi connectivity index (χ0) is 24.5. The van der Waals surface area contributed by atoms with Gasteiger partial charge in [0.15, 0.2) is 5.65 Å². The van der Waals surface area contributed by atoms with Gasteiger partial charge in [-0.2, -0.15) is 5.10 Å². The van der Waals surface area contributed by atoms with E-state index in [0.29, 0.717) is 12.5 Å². The number of allylic oxidation sites excluding steroid dienone is 1. The molecule has 34 heavy (non-hydrogen) atoms. The number of anilines is 1. The largest absolute Gasteiger partial charge is 0.492 e. The molecule has 3 aromatic rings. The van der Waals surface area contributed by atoms with E-state index >= 15 is 0 Å². The number of hydrogen-bond acceptors (Lipinski definition) is 5. The Labute approximate surface area is 205 Å². The van der Waals surface area contributed by atoms with Crippen LogP contribution in [0.3, 0.4) is 0 Å². The van der Waals surface area contributed by atoms with Gasteiger partial charge in [0.2, 0.25) is 0 Å². The van der Waals surface area contributed by atoms with E-state index in [2.05, 4.69) is 46.6 Å². The summed E-state index contributed by atoms with van der Waals surface area (Å²) in [7, 11) is 0. The maximum absolute atomic E-state index is 6.13. The van der Waals surface area contributed by atoms with Crippen LogP contribution in [0.4, 0.5) is 5.82 Å². The van der Waals surface area contributed by atoms with Crippen LogP contribution >= 0.6 is 0 Å². The molecule has 0 N–H and O–H groups in total. The minimum atomic E-state index is 0.649. The molecule has 6 nitrogen and oxygen atoms in total. The molecule has 1 aliphatic heterocycles. The second kappa shape index (κ2) is 12.4. The van der Waals surface area contributed by atoms with Gasteiger partial charge < -0.3 is 14.5 Å². The van der Waals surface area contributed by atoms with Crippen molar-refractivity contribution in [2.24, 2.45) is 5.92 Å². The molecule has 4 bridgehead atoms. The molecular weight excluding hydrogens is 422 g/mol. The lowest BCUT2D eigenvalue weighted by atomic mass is 10.1. The SMILES string of the molecule is C=C(C1CC1)N1CCOc2cccc(c2)-c2cnn3ccc(nc23)N(CCC)CC1.CC.CC. The fourth-order valence-electron chi connectivity index (χ4n) is 4.19. The van der Waals surface area contributed by atoms with E-state index < -0.39 is 0 Å². The molecule has 5 rings (SSSR count). The third-order valence-electron chi connectivity index (χ3n) is 6.04. The van der Waals surface area contributed by atoms with E-state index in [1.165, 1.54) is 18.5 Å². The lowest BCUT2D eigenvalue weighted by Gasteiger charge is -2.31. The standard InChI is InChI=1S/C24H29N5O.2C2H6/c1-3-10-28-13-12-27(18(2)19-7-8-19)14-15-30-21-6-4-5-20(16-21)22-17-25-29-11-9-23(28)26-24(22)29;2*1-2/h4-6,9,11,16-17,19H,2-3,7-8,10,12-15H2,1H3;2*1-2H3. The summed E-state index contributed by atoms with van der Waals surface area (Å²) in [4.78, 5) is 9.82. The van der Waals surface area contributed by atoms with Crippen molar-refractivity contribution in [3.05, 3.63) is 55.0 Å². The molecular formula is C28H41N5O. The molecule has 1 saturated carbocycles. The van der Waals surface area contributed by atoms with Gasteiger partial charge in [0.1, 0.15) is 18.2 Å². The van der Waals surface area contributed by atoms with Crippen LogP contribution in [-0.4, -0.2) is 52.3 Å². The first-order valence-corrected chi connectivity index (χ1v) is 13.0. The highest BCUT2D eigenvalue weighted by molar-refractivity contribution is 5.78. The van der Waals surface area contributed by atoms with Crippen molar-refractivity contribution in [1.29, 1.82) is 0 Å². The third-order valence-corrected chi connectivity index (χ3v) is 6.04. The Kier molecular flexibility index (Phi) is 9.37. The molecule has 3 heterocycles. The van der Waals surface area contributed by atoms with E-state index in [4.69, 9.17) is 9.72 Å². The van der Waals surface area contributed by atoms with Crippen molar-refractivity contribution in [2.75, 3.05) is 37.7 Å². The van der Waals surface area contributed by atoms with E-state index in [1.807, 2.05) is 56.7 Å². The average Bonchev–Trinajstić information content (AvgIpc) is 3.66. The maximum Gasteiger partial charge on any atom is 0.165 e. The number of ether oxygens (including phenoxy) is 1. The molecule has 1 aliphatic carbocycles. The number of nitrogens with zero attached hydrogens (tertiary/aromatic N) is 5. The van der Waals surface area contributed by atoms with Gasteiger partial charge in [-0.1, -0.05) is 53.3 Å². The lowest BCUT2D eigenvalue weighted by Crippen LogP contribution is -2.38. The Morgan fingerprint density at radius 1 is 1.09 bits per heavy atom. The molecule has 6 heteroatoms. The molecule has 2 aliphatic rings. The summed E-state index contributed by atoms with van der Waals surface area (Å²) in [5, 5.41) is 4.51. The molecule has 1 aromatic carbocycles. The summed E-state index contributed by atoms with van der Waals surface area (Å²) in [6.07, 6.45) is 7.51. The Balaban J connectivity index is 0.000000771. The van der Waals surface area contributed by atoms with Gasteiger partial charge in [-0.25, -0.2) is 9.50 Å². The molecule has 0 atom stereocenters. The minimum Gasteiger partial charge on any atom is -0.492 e. The van der Waals surface area contributed by atoms with E-state index in [1.54, 1.807) is 0 Å². The molecule has 2 aromatic heterocycles. The van der Waals surface area contributed by atoms with Crippen LogP contribution in [-0.2, 0) is 0 Å². The number of fused-ring (bicyclic) bond motifs is 4. The van der Waals surface area contributed by atoms with Crippen LogP contribution < -0.4 is 9.64 Å². The van der Waals surface area contributed by atoms with Crippen molar-refractivity contribution in [2.45, 2.75) is 53.9 Å². The topological polar surface area (TPSA) is 45.9 Å². The predicted octanol–water partition coefficient (Wildman–Crippen LogP) is 6.28. The average molecular weight is 464 g/mol. The zero-order valence-electron chi connectivity index (χ0n) is 21.6.